The minimum absolute atomic E-state index is 0.0179. The maximum Gasteiger partial charge on any atom is 0.189 e. The van der Waals surface area contributed by atoms with Gasteiger partial charge in [0.15, 0.2) is 5.43 Å². The zero-order valence-electron chi connectivity index (χ0n) is 11.5. The summed E-state index contributed by atoms with van der Waals surface area (Å²) in [6.45, 7) is 1.86. The number of hydrogen-bond acceptors (Lipinski definition) is 3. The smallest absolute Gasteiger partial charge is 0.189 e. The number of aromatic hydroxyl groups is 1. The van der Waals surface area contributed by atoms with Crippen molar-refractivity contribution in [3.05, 3.63) is 70.0 Å². The molecule has 4 nitrogen and oxygen atoms in total. The summed E-state index contributed by atoms with van der Waals surface area (Å²) in [5.41, 5.74) is 3.11. The highest BCUT2D eigenvalue weighted by atomic mass is 16.3. The molecule has 0 fully saturated rings. The maximum absolute atomic E-state index is 12.0. The van der Waals surface area contributed by atoms with E-state index in [1.165, 1.54) is 0 Å². The number of rotatable bonds is 2. The number of phenolic OH excluding ortho intramolecular Hbond substituents is 1. The van der Waals surface area contributed by atoms with Crippen LogP contribution >= 0.6 is 0 Å². The highest BCUT2D eigenvalue weighted by Gasteiger charge is 2.01. The first-order valence-corrected chi connectivity index (χ1v) is 6.58. The summed E-state index contributed by atoms with van der Waals surface area (Å²) in [6.07, 6.45) is 1.66. The number of pyridine rings is 1. The number of hydrogen-bond donors (Lipinski definition) is 2. The summed E-state index contributed by atoms with van der Waals surface area (Å²) in [6, 6.07) is 13.9. The number of nitrogens with one attached hydrogen (secondary N) is 1. The standard InChI is InChI=1S/C17H14N2O2/c1-11-7-17(21)15-9-13(5-6-16(15)19-11)18-10-12-3-2-4-14(20)8-12/h2-10,20H,1H3,(H,19,21). The lowest BCUT2D eigenvalue weighted by Crippen LogP contribution is -2.02. The zero-order valence-corrected chi connectivity index (χ0v) is 11.5. The highest BCUT2D eigenvalue weighted by molar-refractivity contribution is 5.86. The van der Waals surface area contributed by atoms with Crippen molar-refractivity contribution in [1.82, 2.24) is 4.98 Å². The Bertz CT molecular complexity index is 895. The quantitative estimate of drug-likeness (QED) is 0.706. The molecular weight excluding hydrogens is 264 g/mol. The van der Waals surface area contributed by atoms with Crippen LogP contribution in [0, 0.1) is 6.92 Å². The zero-order chi connectivity index (χ0) is 14.8. The van der Waals surface area contributed by atoms with E-state index in [0.717, 1.165) is 16.8 Å². The van der Waals surface area contributed by atoms with Crippen molar-refractivity contribution in [2.75, 3.05) is 0 Å². The molecule has 0 atom stereocenters. The van der Waals surface area contributed by atoms with E-state index in [9.17, 15) is 9.90 Å². The first kappa shape index (κ1) is 13.1. The van der Waals surface area contributed by atoms with Crippen LogP contribution in [-0.4, -0.2) is 16.3 Å². The lowest BCUT2D eigenvalue weighted by atomic mass is 10.1. The number of nitrogens with zero attached hydrogens (tertiary/aromatic N) is 1. The van der Waals surface area contributed by atoms with E-state index in [1.54, 1.807) is 36.5 Å². The molecule has 0 saturated heterocycles. The van der Waals surface area contributed by atoms with E-state index in [1.807, 2.05) is 25.1 Å². The fourth-order valence-corrected chi connectivity index (χ4v) is 2.20. The molecular formula is C17H14N2O2. The van der Waals surface area contributed by atoms with Gasteiger partial charge in [-0.1, -0.05) is 12.1 Å². The van der Waals surface area contributed by atoms with E-state index in [2.05, 4.69) is 9.98 Å². The number of aliphatic imine (C=N–C) groups is 1. The van der Waals surface area contributed by atoms with Crippen LogP contribution in [0.25, 0.3) is 10.9 Å². The minimum atomic E-state index is -0.0179. The second-order valence-corrected chi connectivity index (χ2v) is 4.90. The van der Waals surface area contributed by atoms with Crippen LogP contribution in [0.2, 0.25) is 0 Å². The third-order valence-corrected chi connectivity index (χ3v) is 3.18. The average molecular weight is 278 g/mol. The fraction of sp³-hybridized carbons (Fsp3) is 0.0588. The molecule has 0 saturated carbocycles. The Hall–Kier alpha value is -2.88. The highest BCUT2D eigenvalue weighted by Crippen LogP contribution is 2.18. The normalized spacial score (nSPS) is 11.3. The Labute approximate surface area is 121 Å². The molecule has 0 bridgehead atoms. The molecule has 0 amide bonds. The molecule has 0 aliphatic rings. The summed E-state index contributed by atoms with van der Waals surface area (Å²) in [4.78, 5) is 19.5. The molecule has 3 aromatic rings. The van der Waals surface area contributed by atoms with Crippen LogP contribution < -0.4 is 5.43 Å². The second-order valence-electron chi connectivity index (χ2n) is 4.90. The van der Waals surface area contributed by atoms with Gasteiger partial charge in [0, 0.05) is 28.9 Å². The van der Waals surface area contributed by atoms with Crippen molar-refractivity contribution in [1.29, 1.82) is 0 Å². The molecule has 1 aromatic heterocycles. The van der Waals surface area contributed by atoms with Crippen molar-refractivity contribution >= 4 is 22.8 Å². The van der Waals surface area contributed by atoms with Crippen molar-refractivity contribution in [2.24, 2.45) is 4.99 Å². The van der Waals surface area contributed by atoms with Gasteiger partial charge in [-0.05, 0) is 42.8 Å². The van der Waals surface area contributed by atoms with Crippen molar-refractivity contribution in [2.45, 2.75) is 6.92 Å². The van der Waals surface area contributed by atoms with Gasteiger partial charge >= 0.3 is 0 Å². The topological polar surface area (TPSA) is 65.4 Å². The van der Waals surface area contributed by atoms with Crippen LogP contribution in [-0.2, 0) is 0 Å². The van der Waals surface area contributed by atoms with Crippen molar-refractivity contribution < 1.29 is 5.11 Å². The summed E-state index contributed by atoms with van der Waals surface area (Å²) < 4.78 is 0. The van der Waals surface area contributed by atoms with Gasteiger partial charge in [-0.25, -0.2) is 0 Å². The molecule has 0 spiro atoms. The van der Waals surface area contributed by atoms with Gasteiger partial charge in [0.25, 0.3) is 0 Å². The Morgan fingerprint density at radius 3 is 2.81 bits per heavy atom. The monoisotopic (exact) mass is 278 g/mol. The molecule has 21 heavy (non-hydrogen) atoms. The van der Waals surface area contributed by atoms with Crippen LogP contribution in [0.5, 0.6) is 5.75 Å². The fourth-order valence-electron chi connectivity index (χ4n) is 2.20. The van der Waals surface area contributed by atoms with Gasteiger partial charge in [0.05, 0.1) is 5.69 Å². The largest absolute Gasteiger partial charge is 0.508 e. The van der Waals surface area contributed by atoms with Gasteiger partial charge in [0.2, 0.25) is 0 Å². The number of aromatic amines is 1. The molecule has 0 unspecified atom stereocenters. The number of aryl methyl sites for hydroxylation is 1. The van der Waals surface area contributed by atoms with Crippen LogP contribution in [0.15, 0.2) is 58.3 Å². The molecule has 1 heterocycles. The molecule has 2 N–H and O–H groups in total. The van der Waals surface area contributed by atoms with Gasteiger partial charge in [-0.2, -0.15) is 0 Å². The molecule has 104 valence electrons. The predicted molar refractivity (Wildman–Crippen MR) is 84.7 cm³/mol. The third kappa shape index (κ3) is 2.84. The van der Waals surface area contributed by atoms with Crippen molar-refractivity contribution in [3.63, 3.8) is 0 Å². The lowest BCUT2D eigenvalue weighted by Gasteiger charge is -2.01. The van der Waals surface area contributed by atoms with Crippen molar-refractivity contribution in [3.8, 4) is 5.75 Å². The number of fused-ring (bicyclic) bond motifs is 1. The summed E-state index contributed by atoms with van der Waals surface area (Å²) in [7, 11) is 0. The average Bonchev–Trinajstić information content (AvgIpc) is 2.45. The Kier molecular flexibility index (Phi) is 3.28. The summed E-state index contributed by atoms with van der Waals surface area (Å²) >= 11 is 0. The molecule has 0 aliphatic carbocycles. The maximum atomic E-state index is 12.0. The number of phenols is 1. The van der Waals surface area contributed by atoms with E-state index in [4.69, 9.17) is 0 Å². The number of H-pyrrole nitrogens is 1. The van der Waals surface area contributed by atoms with Crippen LogP contribution in [0.1, 0.15) is 11.3 Å². The van der Waals surface area contributed by atoms with Gasteiger partial charge in [-0.3, -0.25) is 9.79 Å². The number of aromatic nitrogens is 1. The second kappa shape index (κ2) is 5.25. The summed E-state index contributed by atoms with van der Waals surface area (Å²) in [5.74, 6) is 0.199. The van der Waals surface area contributed by atoms with Crippen LogP contribution in [0.4, 0.5) is 5.69 Å². The molecule has 3 rings (SSSR count). The Morgan fingerprint density at radius 1 is 1.14 bits per heavy atom. The van der Waals surface area contributed by atoms with Crippen LogP contribution in [0.3, 0.4) is 0 Å². The molecule has 4 heteroatoms. The first-order valence-electron chi connectivity index (χ1n) is 6.58. The van der Waals surface area contributed by atoms with E-state index in [-0.39, 0.29) is 11.2 Å². The van der Waals surface area contributed by atoms with Gasteiger partial charge in [-0.15, -0.1) is 0 Å². The number of benzene rings is 2. The SMILES string of the molecule is Cc1cc(=O)c2cc(N=Cc3cccc(O)c3)ccc2[nH]1. The van der Waals surface area contributed by atoms with Gasteiger partial charge < -0.3 is 10.1 Å². The Morgan fingerprint density at radius 2 is 2.00 bits per heavy atom. The first-order chi connectivity index (χ1) is 10.1. The minimum Gasteiger partial charge on any atom is -0.508 e. The Balaban J connectivity index is 2.00. The lowest BCUT2D eigenvalue weighted by molar-refractivity contribution is 0.475. The molecule has 2 aromatic carbocycles. The third-order valence-electron chi connectivity index (χ3n) is 3.18. The predicted octanol–water partition coefficient (Wildman–Crippen LogP) is 3.29. The van der Waals surface area contributed by atoms with E-state index in [0.29, 0.717) is 11.1 Å². The van der Waals surface area contributed by atoms with E-state index >= 15 is 0 Å². The molecule has 0 aliphatic heterocycles. The van der Waals surface area contributed by atoms with Gasteiger partial charge in [0.1, 0.15) is 5.75 Å². The van der Waals surface area contributed by atoms with E-state index < -0.39 is 0 Å². The summed E-state index contributed by atoms with van der Waals surface area (Å²) in [5, 5.41) is 10.0. The molecule has 0 radical (unpaired) electrons.